The summed E-state index contributed by atoms with van der Waals surface area (Å²) < 4.78 is 58.6. The molecule has 1 unspecified atom stereocenters. The molecule has 3 heterocycles. The molecule has 1 saturated heterocycles. The summed E-state index contributed by atoms with van der Waals surface area (Å²) in [6, 6.07) is 15.5. The summed E-state index contributed by atoms with van der Waals surface area (Å²) >= 11 is 5.80. The number of benzene rings is 3. The van der Waals surface area contributed by atoms with Crippen LogP contribution in [-0.2, 0) is 17.8 Å². The maximum absolute atomic E-state index is 15.6. The lowest BCUT2D eigenvalue weighted by Gasteiger charge is -2.28. The Morgan fingerprint density at radius 2 is 1.82 bits per heavy atom. The number of hydrogen-bond donors (Lipinski definition) is 1. The maximum atomic E-state index is 15.6. The minimum absolute atomic E-state index is 0.0457. The topological polar surface area (TPSA) is 86.5 Å². The number of carbonyl (C=O) groups is 1. The zero-order chi connectivity index (χ0) is 31.2. The van der Waals surface area contributed by atoms with Crippen LogP contribution in [0, 0.1) is 22.9 Å². The average Bonchev–Trinajstić information content (AvgIpc) is 3.51. The van der Waals surface area contributed by atoms with Crippen LogP contribution < -0.4 is 4.74 Å². The van der Waals surface area contributed by atoms with Gasteiger partial charge < -0.3 is 19.1 Å². The highest BCUT2D eigenvalue weighted by Crippen LogP contribution is 2.40. The van der Waals surface area contributed by atoms with Crippen molar-refractivity contribution < 1.29 is 32.5 Å². The standard InChI is InChI=1S/C33H27ClF3N3O4/c1-33(2)17-43-16-29(33)40-28-11-18(32(41)42)7-9-27(28)38-30(40)12-20-10-25(37)22(14-24(20)36)26-4-3-5-31(39-26)44-15-19-6-8-21(34)13-23(19)35/h3-11,13-14,29H,12,15-17H2,1-2H3,(H,41,42). The van der Waals surface area contributed by atoms with Gasteiger partial charge in [0.1, 0.15) is 29.9 Å². The second kappa shape index (κ2) is 11.6. The number of ether oxygens (including phenoxy) is 2. The zero-order valence-corrected chi connectivity index (χ0v) is 24.5. The van der Waals surface area contributed by atoms with Crippen molar-refractivity contribution in [3.05, 3.63) is 112 Å². The average molecular weight is 622 g/mol. The van der Waals surface area contributed by atoms with E-state index in [0.29, 0.717) is 30.1 Å². The van der Waals surface area contributed by atoms with Crippen LogP contribution in [0.3, 0.4) is 0 Å². The third-order valence-electron chi connectivity index (χ3n) is 7.85. The third-order valence-corrected chi connectivity index (χ3v) is 8.08. The third kappa shape index (κ3) is 5.75. The number of rotatable bonds is 8. The molecule has 11 heteroatoms. The molecule has 0 bridgehead atoms. The van der Waals surface area contributed by atoms with E-state index in [1.807, 2.05) is 18.4 Å². The largest absolute Gasteiger partial charge is 0.478 e. The highest BCUT2D eigenvalue weighted by molar-refractivity contribution is 6.30. The van der Waals surface area contributed by atoms with Crippen molar-refractivity contribution in [3.63, 3.8) is 0 Å². The Morgan fingerprint density at radius 1 is 1.02 bits per heavy atom. The van der Waals surface area contributed by atoms with Gasteiger partial charge in [0.05, 0.1) is 41.5 Å². The van der Waals surface area contributed by atoms with Gasteiger partial charge in [0.15, 0.2) is 0 Å². The van der Waals surface area contributed by atoms with Crippen molar-refractivity contribution in [2.24, 2.45) is 5.41 Å². The monoisotopic (exact) mass is 621 g/mol. The van der Waals surface area contributed by atoms with Crippen molar-refractivity contribution in [2.75, 3.05) is 13.2 Å². The smallest absolute Gasteiger partial charge is 0.335 e. The zero-order valence-electron chi connectivity index (χ0n) is 23.8. The predicted molar refractivity (Wildman–Crippen MR) is 158 cm³/mol. The van der Waals surface area contributed by atoms with Crippen LogP contribution in [-0.4, -0.2) is 38.8 Å². The molecular formula is C33H27ClF3N3O4. The molecule has 3 aromatic carbocycles. The summed E-state index contributed by atoms with van der Waals surface area (Å²) in [6.07, 6.45) is -0.0457. The molecule has 0 saturated carbocycles. The molecule has 0 radical (unpaired) electrons. The summed E-state index contributed by atoms with van der Waals surface area (Å²) in [4.78, 5) is 20.7. The summed E-state index contributed by atoms with van der Waals surface area (Å²) in [5.74, 6) is -2.40. The molecule has 226 valence electrons. The van der Waals surface area contributed by atoms with Crippen molar-refractivity contribution in [3.8, 4) is 17.1 Å². The molecule has 0 spiro atoms. The van der Waals surface area contributed by atoms with Gasteiger partial charge in [-0.15, -0.1) is 0 Å². The highest BCUT2D eigenvalue weighted by atomic mass is 35.5. The Labute approximate surface area is 255 Å². The van der Waals surface area contributed by atoms with Gasteiger partial charge in [-0.2, -0.15) is 0 Å². The molecule has 1 aliphatic rings. The van der Waals surface area contributed by atoms with Gasteiger partial charge in [0.2, 0.25) is 5.88 Å². The minimum Gasteiger partial charge on any atom is -0.478 e. The molecule has 2 aromatic heterocycles. The normalized spacial score (nSPS) is 16.0. The molecule has 44 heavy (non-hydrogen) atoms. The van der Waals surface area contributed by atoms with E-state index in [0.717, 1.165) is 12.1 Å². The number of imidazole rings is 1. The number of pyridine rings is 1. The Hall–Kier alpha value is -4.41. The van der Waals surface area contributed by atoms with E-state index in [2.05, 4.69) is 4.98 Å². The lowest BCUT2D eigenvalue weighted by atomic mass is 9.87. The van der Waals surface area contributed by atoms with Gasteiger partial charge in [-0.05, 0) is 54.1 Å². The van der Waals surface area contributed by atoms with E-state index in [1.54, 1.807) is 18.2 Å². The Balaban J connectivity index is 1.31. The highest BCUT2D eigenvalue weighted by Gasteiger charge is 2.39. The number of aromatic carboxylic acids is 1. The predicted octanol–water partition coefficient (Wildman–Crippen LogP) is 7.63. The summed E-state index contributed by atoms with van der Waals surface area (Å²) in [5, 5.41) is 9.83. The first-order valence-electron chi connectivity index (χ1n) is 13.8. The van der Waals surface area contributed by atoms with E-state index < -0.39 is 23.4 Å². The molecule has 5 aromatic rings. The summed E-state index contributed by atoms with van der Waals surface area (Å²) in [7, 11) is 0. The molecule has 1 fully saturated rings. The fraction of sp³-hybridized carbons (Fsp3) is 0.242. The lowest BCUT2D eigenvalue weighted by molar-refractivity contribution is 0.0697. The van der Waals surface area contributed by atoms with Crippen LogP contribution in [0.25, 0.3) is 22.3 Å². The Kier molecular flexibility index (Phi) is 7.81. The van der Waals surface area contributed by atoms with Gasteiger partial charge in [-0.3, -0.25) is 0 Å². The first kappa shape index (κ1) is 29.7. The number of nitrogens with zero attached hydrogens (tertiary/aromatic N) is 3. The van der Waals surface area contributed by atoms with E-state index in [-0.39, 0.29) is 63.3 Å². The second-order valence-electron chi connectivity index (χ2n) is 11.4. The van der Waals surface area contributed by atoms with Crippen LogP contribution in [0.15, 0.2) is 66.7 Å². The Bertz CT molecular complexity index is 1910. The number of fused-ring (bicyclic) bond motifs is 1. The van der Waals surface area contributed by atoms with E-state index in [4.69, 9.17) is 26.1 Å². The van der Waals surface area contributed by atoms with Gasteiger partial charge in [-0.25, -0.2) is 27.9 Å². The quantitative estimate of drug-likeness (QED) is 0.192. The number of hydrogen-bond acceptors (Lipinski definition) is 5. The van der Waals surface area contributed by atoms with Crippen LogP contribution >= 0.6 is 11.6 Å². The van der Waals surface area contributed by atoms with Crippen LogP contribution in [0.5, 0.6) is 5.88 Å². The fourth-order valence-electron chi connectivity index (χ4n) is 5.45. The van der Waals surface area contributed by atoms with E-state index in [1.165, 1.54) is 36.4 Å². The van der Waals surface area contributed by atoms with Gasteiger partial charge in [0, 0.05) is 34.1 Å². The van der Waals surface area contributed by atoms with Crippen LogP contribution in [0.1, 0.15) is 47.2 Å². The second-order valence-corrected chi connectivity index (χ2v) is 11.8. The number of carboxylic acid groups (broad SMARTS) is 1. The van der Waals surface area contributed by atoms with Crippen molar-refractivity contribution >= 4 is 28.6 Å². The van der Waals surface area contributed by atoms with Gasteiger partial charge in [0.25, 0.3) is 0 Å². The molecule has 6 rings (SSSR count). The van der Waals surface area contributed by atoms with Gasteiger partial charge in [-0.1, -0.05) is 37.6 Å². The lowest BCUT2D eigenvalue weighted by Crippen LogP contribution is -2.27. The van der Waals surface area contributed by atoms with Crippen molar-refractivity contribution in [1.29, 1.82) is 0 Å². The molecular weight excluding hydrogens is 595 g/mol. The van der Waals surface area contributed by atoms with Crippen LogP contribution in [0.2, 0.25) is 5.02 Å². The van der Waals surface area contributed by atoms with Gasteiger partial charge >= 0.3 is 5.97 Å². The van der Waals surface area contributed by atoms with E-state index >= 15 is 8.78 Å². The molecule has 0 amide bonds. The first-order chi connectivity index (χ1) is 21.0. The van der Waals surface area contributed by atoms with Crippen LogP contribution in [0.4, 0.5) is 13.2 Å². The Morgan fingerprint density at radius 3 is 2.55 bits per heavy atom. The van der Waals surface area contributed by atoms with Crippen molar-refractivity contribution in [1.82, 2.24) is 14.5 Å². The summed E-state index contributed by atoms with van der Waals surface area (Å²) in [5.41, 5.74) is 1.32. The first-order valence-corrected chi connectivity index (χ1v) is 14.2. The molecule has 1 atom stereocenters. The fourth-order valence-corrected chi connectivity index (χ4v) is 5.61. The number of halogens is 4. The number of aromatic nitrogens is 3. The molecule has 1 N–H and O–H groups in total. The summed E-state index contributed by atoms with van der Waals surface area (Å²) in [6.45, 7) is 4.79. The molecule has 7 nitrogen and oxygen atoms in total. The van der Waals surface area contributed by atoms with E-state index in [9.17, 15) is 14.3 Å². The maximum Gasteiger partial charge on any atom is 0.335 e. The van der Waals surface area contributed by atoms with Crippen molar-refractivity contribution in [2.45, 2.75) is 32.9 Å². The number of carboxylic acids is 1. The molecule has 0 aliphatic carbocycles. The SMILES string of the molecule is CC1(C)COCC1n1c(Cc2cc(F)c(-c3cccc(OCc4ccc(Cl)cc4F)n3)cc2F)nc2ccc(C(=O)O)cc21. The minimum atomic E-state index is -1.08. The molecule has 1 aliphatic heterocycles.